The van der Waals surface area contributed by atoms with Gasteiger partial charge in [0.2, 0.25) is 10.0 Å². The van der Waals surface area contributed by atoms with E-state index in [1.54, 1.807) is 0 Å². The average Bonchev–Trinajstić information content (AvgIpc) is 3.00. The van der Waals surface area contributed by atoms with E-state index in [-0.39, 0.29) is 4.90 Å². The van der Waals surface area contributed by atoms with Gasteiger partial charge in [0.15, 0.2) is 5.69 Å². The standard InChI is InChI=1S/C15H15F3N4O2S/c16-15(17,18)14-9-13(10-5-7-20-8-6-10)22(21-14)11-1-3-12(4-2-11)25(19,23)24/h1-5,9,20H,6-8H2,(H2,19,23,24). The number of aromatic nitrogens is 2. The highest BCUT2D eigenvalue weighted by molar-refractivity contribution is 7.89. The molecule has 0 aliphatic carbocycles. The maximum absolute atomic E-state index is 13.1. The fraction of sp³-hybridized carbons (Fsp3) is 0.267. The van der Waals surface area contributed by atoms with Crippen LogP contribution < -0.4 is 10.5 Å². The number of nitrogens with one attached hydrogen (secondary N) is 1. The quantitative estimate of drug-likeness (QED) is 0.861. The third-order valence-electron chi connectivity index (χ3n) is 3.80. The Morgan fingerprint density at radius 2 is 1.88 bits per heavy atom. The van der Waals surface area contributed by atoms with Gasteiger partial charge in [-0.15, -0.1) is 0 Å². The van der Waals surface area contributed by atoms with Crippen LogP contribution in [0.25, 0.3) is 11.3 Å². The van der Waals surface area contributed by atoms with Crippen LogP contribution >= 0.6 is 0 Å². The Morgan fingerprint density at radius 1 is 1.20 bits per heavy atom. The summed E-state index contributed by atoms with van der Waals surface area (Å²) in [5.41, 5.74) is 0.393. The summed E-state index contributed by atoms with van der Waals surface area (Å²) in [6.07, 6.45) is -2.19. The Bertz CT molecular complexity index is 915. The molecule has 134 valence electrons. The van der Waals surface area contributed by atoms with Gasteiger partial charge in [0, 0.05) is 6.54 Å². The maximum Gasteiger partial charge on any atom is 0.435 e. The van der Waals surface area contributed by atoms with Gasteiger partial charge in [0.25, 0.3) is 0 Å². The van der Waals surface area contributed by atoms with Crippen LogP contribution in [-0.2, 0) is 16.2 Å². The minimum absolute atomic E-state index is 0.123. The molecule has 3 N–H and O–H groups in total. The van der Waals surface area contributed by atoms with Crippen molar-refractivity contribution < 1.29 is 21.6 Å². The molecule has 1 aliphatic heterocycles. The smallest absolute Gasteiger partial charge is 0.313 e. The Hall–Kier alpha value is -2.17. The van der Waals surface area contributed by atoms with Crippen molar-refractivity contribution in [1.82, 2.24) is 15.1 Å². The second-order valence-electron chi connectivity index (χ2n) is 5.55. The monoisotopic (exact) mass is 372 g/mol. The zero-order chi connectivity index (χ0) is 18.2. The van der Waals surface area contributed by atoms with Crippen LogP contribution in [0.5, 0.6) is 0 Å². The van der Waals surface area contributed by atoms with E-state index >= 15 is 0 Å². The van der Waals surface area contributed by atoms with Gasteiger partial charge >= 0.3 is 6.18 Å². The maximum atomic E-state index is 13.1. The van der Waals surface area contributed by atoms with Gasteiger partial charge in [-0.1, -0.05) is 6.08 Å². The van der Waals surface area contributed by atoms with E-state index < -0.39 is 21.9 Å². The molecule has 1 aromatic carbocycles. The predicted molar refractivity (Wildman–Crippen MR) is 85.4 cm³/mol. The Balaban J connectivity index is 2.11. The molecule has 1 aromatic heterocycles. The van der Waals surface area contributed by atoms with Crippen molar-refractivity contribution >= 4 is 15.6 Å². The van der Waals surface area contributed by atoms with Crippen molar-refractivity contribution in [3.05, 3.63) is 47.8 Å². The number of primary sulfonamides is 1. The zero-order valence-corrected chi connectivity index (χ0v) is 13.7. The van der Waals surface area contributed by atoms with Crippen LogP contribution in [0, 0.1) is 0 Å². The first-order valence-electron chi connectivity index (χ1n) is 7.37. The van der Waals surface area contributed by atoms with Crippen LogP contribution in [-0.4, -0.2) is 31.3 Å². The van der Waals surface area contributed by atoms with Crippen molar-refractivity contribution in [3.8, 4) is 5.69 Å². The van der Waals surface area contributed by atoms with Crippen LogP contribution in [0.1, 0.15) is 17.8 Å². The van der Waals surface area contributed by atoms with Crippen LogP contribution in [0.3, 0.4) is 0 Å². The van der Waals surface area contributed by atoms with Crippen molar-refractivity contribution in [2.75, 3.05) is 13.1 Å². The van der Waals surface area contributed by atoms with E-state index in [0.29, 0.717) is 30.9 Å². The van der Waals surface area contributed by atoms with E-state index in [0.717, 1.165) is 11.6 Å². The van der Waals surface area contributed by atoms with Gasteiger partial charge in [-0.25, -0.2) is 18.2 Å². The molecule has 3 rings (SSSR count). The SMILES string of the molecule is NS(=O)(=O)c1ccc(-n2nc(C(F)(F)F)cc2C2=CCNCC2)cc1. The van der Waals surface area contributed by atoms with Gasteiger partial charge in [-0.3, -0.25) is 0 Å². The highest BCUT2D eigenvalue weighted by Crippen LogP contribution is 2.32. The first-order chi connectivity index (χ1) is 11.7. The number of hydrogen-bond acceptors (Lipinski definition) is 4. The molecule has 2 heterocycles. The van der Waals surface area contributed by atoms with Crippen molar-refractivity contribution in [2.24, 2.45) is 5.14 Å². The van der Waals surface area contributed by atoms with Crippen molar-refractivity contribution in [1.29, 1.82) is 0 Å². The molecular weight excluding hydrogens is 357 g/mol. The number of rotatable bonds is 3. The molecule has 0 atom stereocenters. The number of sulfonamides is 1. The molecule has 0 unspecified atom stereocenters. The molecule has 0 bridgehead atoms. The number of halogens is 3. The molecule has 0 saturated carbocycles. The van der Waals surface area contributed by atoms with Crippen LogP contribution in [0.4, 0.5) is 13.2 Å². The normalized spacial score (nSPS) is 15.9. The highest BCUT2D eigenvalue weighted by Gasteiger charge is 2.35. The summed E-state index contributed by atoms with van der Waals surface area (Å²) in [7, 11) is -3.88. The summed E-state index contributed by atoms with van der Waals surface area (Å²) in [5.74, 6) is 0. The van der Waals surface area contributed by atoms with Crippen LogP contribution in [0.2, 0.25) is 0 Å². The molecule has 10 heteroatoms. The average molecular weight is 372 g/mol. The summed E-state index contributed by atoms with van der Waals surface area (Å²) in [4.78, 5) is -0.123. The predicted octanol–water partition coefficient (Wildman–Crippen LogP) is 1.92. The van der Waals surface area contributed by atoms with Gasteiger partial charge in [0.1, 0.15) is 0 Å². The first kappa shape index (κ1) is 17.6. The third kappa shape index (κ3) is 3.75. The van der Waals surface area contributed by atoms with Crippen molar-refractivity contribution in [3.63, 3.8) is 0 Å². The molecule has 0 radical (unpaired) electrons. The molecule has 1 aliphatic rings. The minimum Gasteiger partial charge on any atom is -0.313 e. The number of nitrogens with zero attached hydrogens (tertiary/aromatic N) is 2. The molecule has 0 spiro atoms. The van der Waals surface area contributed by atoms with E-state index in [4.69, 9.17) is 5.14 Å². The van der Waals surface area contributed by atoms with E-state index in [1.165, 1.54) is 28.9 Å². The molecule has 0 fully saturated rings. The zero-order valence-electron chi connectivity index (χ0n) is 12.9. The lowest BCUT2D eigenvalue weighted by Gasteiger charge is -2.15. The van der Waals surface area contributed by atoms with E-state index in [9.17, 15) is 21.6 Å². The number of benzene rings is 1. The lowest BCUT2D eigenvalue weighted by molar-refractivity contribution is -0.141. The molecule has 0 amide bonds. The second kappa shape index (κ2) is 6.28. The molecular formula is C15H15F3N4O2S. The fourth-order valence-corrected chi connectivity index (χ4v) is 3.09. The Kier molecular flexibility index (Phi) is 4.43. The Morgan fingerprint density at radius 3 is 2.40 bits per heavy atom. The summed E-state index contributed by atoms with van der Waals surface area (Å²) >= 11 is 0. The number of alkyl halides is 3. The van der Waals surface area contributed by atoms with E-state index in [2.05, 4.69) is 10.4 Å². The molecule has 2 aromatic rings. The first-order valence-corrected chi connectivity index (χ1v) is 8.91. The van der Waals surface area contributed by atoms with Gasteiger partial charge < -0.3 is 5.32 Å². The van der Waals surface area contributed by atoms with Crippen molar-refractivity contribution in [2.45, 2.75) is 17.5 Å². The molecule has 0 saturated heterocycles. The van der Waals surface area contributed by atoms with E-state index in [1.807, 2.05) is 6.08 Å². The fourth-order valence-electron chi connectivity index (χ4n) is 2.58. The van der Waals surface area contributed by atoms with Gasteiger partial charge in [-0.05, 0) is 48.9 Å². The topological polar surface area (TPSA) is 90.0 Å². The van der Waals surface area contributed by atoms with Gasteiger partial charge in [-0.2, -0.15) is 18.3 Å². The third-order valence-corrected chi connectivity index (χ3v) is 4.73. The largest absolute Gasteiger partial charge is 0.435 e. The summed E-state index contributed by atoms with van der Waals surface area (Å²) in [6.45, 7) is 1.22. The second-order valence-corrected chi connectivity index (χ2v) is 7.11. The summed E-state index contributed by atoms with van der Waals surface area (Å²) < 4.78 is 63.1. The summed E-state index contributed by atoms with van der Waals surface area (Å²) in [5, 5.41) is 11.8. The summed E-state index contributed by atoms with van der Waals surface area (Å²) in [6, 6.07) is 6.22. The lowest BCUT2D eigenvalue weighted by Crippen LogP contribution is -2.20. The highest BCUT2D eigenvalue weighted by atomic mass is 32.2. The lowest BCUT2D eigenvalue weighted by atomic mass is 10.1. The van der Waals surface area contributed by atoms with Crippen LogP contribution in [0.15, 0.2) is 41.3 Å². The number of nitrogens with two attached hydrogens (primary N) is 1. The van der Waals surface area contributed by atoms with Gasteiger partial charge in [0.05, 0.1) is 16.3 Å². The number of hydrogen-bond donors (Lipinski definition) is 2. The minimum atomic E-state index is -4.58. The molecule has 25 heavy (non-hydrogen) atoms. The molecule has 6 nitrogen and oxygen atoms in total. The Labute approximate surface area is 142 Å².